The highest BCUT2D eigenvalue weighted by Gasteiger charge is 2.61. The van der Waals surface area contributed by atoms with Crippen molar-refractivity contribution in [2.45, 2.75) is 83.3 Å². The van der Waals surface area contributed by atoms with Gasteiger partial charge in [-0.3, -0.25) is 0 Å². The van der Waals surface area contributed by atoms with Crippen LogP contribution in [0.15, 0.2) is 24.3 Å². The summed E-state index contributed by atoms with van der Waals surface area (Å²) in [5, 5.41) is 11.5. The van der Waals surface area contributed by atoms with Crippen molar-refractivity contribution < 1.29 is 9.84 Å². The molecule has 0 radical (unpaired) electrons. The van der Waals surface area contributed by atoms with E-state index in [1.54, 1.807) is 0 Å². The van der Waals surface area contributed by atoms with Crippen molar-refractivity contribution in [1.29, 1.82) is 0 Å². The van der Waals surface area contributed by atoms with Gasteiger partial charge < -0.3 is 14.7 Å². The molecule has 0 aliphatic heterocycles. The van der Waals surface area contributed by atoms with Crippen molar-refractivity contribution in [3.63, 3.8) is 0 Å². The van der Waals surface area contributed by atoms with Crippen LogP contribution in [0.4, 0.5) is 5.69 Å². The van der Waals surface area contributed by atoms with Crippen molar-refractivity contribution in [3.8, 4) is 11.8 Å². The Kier molecular flexibility index (Phi) is 5.86. The maximum atomic E-state index is 11.5. The second-order valence-electron chi connectivity index (χ2n) is 12.4. The third kappa shape index (κ3) is 3.82. The molecule has 180 valence electrons. The Labute approximate surface area is 201 Å². The van der Waals surface area contributed by atoms with E-state index in [2.05, 4.69) is 54.9 Å². The van der Waals surface area contributed by atoms with Gasteiger partial charge in [0.2, 0.25) is 0 Å². The van der Waals surface area contributed by atoms with Gasteiger partial charge in [0, 0.05) is 32.5 Å². The molecule has 4 fully saturated rings. The van der Waals surface area contributed by atoms with Gasteiger partial charge in [-0.2, -0.15) is 0 Å². The minimum absolute atomic E-state index is 0.358. The van der Waals surface area contributed by atoms with E-state index in [4.69, 9.17) is 4.74 Å². The lowest BCUT2D eigenvalue weighted by Crippen LogP contribution is -2.56. The molecule has 3 nitrogen and oxygen atoms in total. The fourth-order valence-corrected chi connectivity index (χ4v) is 8.73. The molecule has 0 unspecified atom stereocenters. The van der Waals surface area contributed by atoms with Crippen LogP contribution in [0.2, 0.25) is 0 Å². The molecule has 1 aromatic rings. The fraction of sp³-hybridized carbons (Fsp3) is 0.733. The van der Waals surface area contributed by atoms with Crippen LogP contribution in [0.5, 0.6) is 0 Å². The first-order chi connectivity index (χ1) is 15.7. The van der Waals surface area contributed by atoms with Crippen LogP contribution in [0, 0.1) is 46.3 Å². The minimum atomic E-state index is -0.838. The maximum absolute atomic E-state index is 11.5. The van der Waals surface area contributed by atoms with Gasteiger partial charge in [0.15, 0.2) is 0 Å². The van der Waals surface area contributed by atoms with Gasteiger partial charge in [-0.15, -0.1) is 0 Å². The molecular weight excluding hydrogens is 406 g/mol. The Bertz CT molecular complexity index is 929. The minimum Gasteiger partial charge on any atom is -0.381 e. The van der Waals surface area contributed by atoms with Gasteiger partial charge >= 0.3 is 0 Å². The average Bonchev–Trinajstić information content (AvgIpc) is 3.15. The normalized spacial score (nSPS) is 44.1. The zero-order valence-corrected chi connectivity index (χ0v) is 21.4. The number of hydrogen-bond acceptors (Lipinski definition) is 3. The third-order valence-electron chi connectivity index (χ3n) is 10.7. The summed E-state index contributed by atoms with van der Waals surface area (Å²) in [5.74, 6) is 9.68. The summed E-state index contributed by atoms with van der Waals surface area (Å²) < 4.78 is 5.95. The second-order valence-corrected chi connectivity index (χ2v) is 12.4. The molecule has 4 aliphatic rings. The van der Waals surface area contributed by atoms with E-state index < -0.39 is 5.60 Å². The zero-order valence-electron chi connectivity index (χ0n) is 21.4. The molecule has 0 bridgehead atoms. The number of aliphatic hydroxyl groups is 1. The van der Waals surface area contributed by atoms with Crippen LogP contribution in [0.3, 0.4) is 0 Å². The molecule has 5 rings (SSSR count). The molecule has 0 saturated heterocycles. The Morgan fingerprint density at radius 2 is 1.64 bits per heavy atom. The molecule has 8 atom stereocenters. The predicted octanol–water partition coefficient (Wildman–Crippen LogP) is 5.89. The zero-order chi connectivity index (χ0) is 23.4. The number of hydrogen-bond donors (Lipinski definition) is 1. The van der Waals surface area contributed by atoms with Crippen molar-refractivity contribution in [1.82, 2.24) is 0 Å². The maximum Gasteiger partial charge on any atom is 0.126 e. The summed E-state index contributed by atoms with van der Waals surface area (Å²) in [4.78, 5) is 2.10. The van der Waals surface area contributed by atoms with E-state index in [1.807, 2.05) is 21.2 Å². The van der Waals surface area contributed by atoms with Crippen LogP contribution < -0.4 is 4.90 Å². The smallest absolute Gasteiger partial charge is 0.126 e. The van der Waals surface area contributed by atoms with Gasteiger partial charge in [0.25, 0.3) is 0 Å². The van der Waals surface area contributed by atoms with Crippen molar-refractivity contribution in [3.05, 3.63) is 29.8 Å². The monoisotopic (exact) mass is 449 g/mol. The second kappa shape index (κ2) is 8.31. The Morgan fingerprint density at radius 1 is 0.909 bits per heavy atom. The van der Waals surface area contributed by atoms with E-state index in [9.17, 15) is 5.11 Å². The summed E-state index contributed by atoms with van der Waals surface area (Å²) >= 11 is 0. The first-order valence-electron chi connectivity index (χ1n) is 13.2. The highest BCUT2D eigenvalue weighted by Crippen LogP contribution is 2.67. The first-order valence-corrected chi connectivity index (χ1v) is 13.2. The molecule has 1 N–H and O–H groups in total. The van der Waals surface area contributed by atoms with Crippen molar-refractivity contribution >= 4 is 5.69 Å². The number of anilines is 1. The van der Waals surface area contributed by atoms with Gasteiger partial charge in [0.1, 0.15) is 5.60 Å². The lowest BCUT2D eigenvalue weighted by atomic mass is 9.44. The molecular formula is C30H43NO2. The van der Waals surface area contributed by atoms with E-state index in [-0.39, 0.29) is 0 Å². The van der Waals surface area contributed by atoms with Crippen LogP contribution >= 0.6 is 0 Å². The number of methoxy groups -OCH3 is 1. The topological polar surface area (TPSA) is 32.7 Å². The van der Waals surface area contributed by atoms with Crippen LogP contribution in [0.25, 0.3) is 0 Å². The number of rotatable bonds is 2. The molecule has 0 spiro atoms. The Morgan fingerprint density at radius 3 is 2.33 bits per heavy atom. The predicted molar refractivity (Wildman–Crippen MR) is 135 cm³/mol. The SMILES string of the molecule is CO[C@H]1CC[C@H]2[C@@H]3CC[C@@H]4C[C@@](O)(C#Cc5ccc(N(C)C)cc5)CC[C@]4(C)[C@H]3CC[C@]12C. The summed E-state index contributed by atoms with van der Waals surface area (Å²) in [6.45, 7) is 5.08. The number of benzene rings is 1. The van der Waals surface area contributed by atoms with Crippen LogP contribution in [-0.2, 0) is 4.74 Å². The Hall–Kier alpha value is -1.50. The quantitative estimate of drug-likeness (QED) is 0.571. The molecule has 3 heteroatoms. The van der Waals surface area contributed by atoms with Gasteiger partial charge in [0.05, 0.1) is 6.10 Å². The van der Waals surface area contributed by atoms with E-state index in [0.717, 1.165) is 42.6 Å². The summed E-state index contributed by atoms with van der Waals surface area (Å²) in [5.41, 5.74) is 2.06. The highest BCUT2D eigenvalue weighted by atomic mass is 16.5. The largest absolute Gasteiger partial charge is 0.381 e. The van der Waals surface area contributed by atoms with Gasteiger partial charge in [-0.1, -0.05) is 25.7 Å². The molecule has 4 aliphatic carbocycles. The molecule has 1 aromatic carbocycles. The average molecular weight is 450 g/mol. The number of nitrogens with zero attached hydrogens (tertiary/aromatic N) is 1. The van der Waals surface area contributed by atoms with E-state index in [0.29, 0.717) is 22.9 Å². The first kappa shape index (κ1) is 23.3. The van der Waals surface area contributed by atoms with Crippen molar-refractivity contribution in [2.24, 2.45) is 34.5 Å². The van der Waals surface area contributed by atoms with E-state index >= 15 is 0 Å². The molecule has 0 amide bonds. The fourth-order valence-electron chi connectivity index (χ4n) is 8.73. The van der Waals surface area contributed by atoms with Gasteiger partial charge in [-0.05, 0) is 117 Å². The summed E-state index contributed by atoms with van der Waals surface area (Å²) in [7, 11) is 6.02. The molecule has 0 heterocycles. The number of fused-ring (bicyclic) bond motifs is 5. The molecule has 33 heavy (non-hydrogen) atoms. The van der Waals surface area contributed by atoms with Crippen molar-refractivity contribution in [2.75, 3.05) is 26.1 Å². The highest BCUT2D eigenvalue weighted by molar-refractivity contribution is 5.49. The number of ether oxygens (including phenoxy) is 1. The van der Waals surface area contributed by atoms with Gasteiger partial charge in [-0.25, -0.2) is 0 Å². The van der Waals surface area contributed by atoms with Crippen LogP contribution in [0.1, 0.15) is 77.2 Å². The Balaban J connectivity index is 1.31. The summed E-state index contributed by atoms with van der Waals surface area (Å²) in [6, 6.07) is 8.33. The van der Waals surface area contributed by atoms with E-state index in [1.165, 1.54) is 44.2 Å². The van der Waals surface area contributed by atoms with Crippen LogP contribution in [-0.4, -0.2) is 38.0 Å². The molecule has 0 aromatic heterocycles. The lowest BCUT2D eigenvalue weighted by Gasteiger charge is -2.61. The summed E-state index contributed by atoms with van der Waals surface area (Å²) in [6.07, 6.45) is 11.0. The lowest BCUT2D eigenvalue weighted by molar-refractivity contribution is -0.146. The third-order valence-corrected chi connectivity index (χ3v) is 10.7. The molecule has 4 saturated carbocycles. The standard InChI is InChI=1S/C30H43NO2/c1-28-18-19-30(32,17-14-21-6-9-23(10-7-21)31(3)4)20-22(28)8-11-24-25-12-13-27(33-5)29(25,2)16-15-26(24)28/h6-7,9-10,22,24-27,32H,8,11-13,15-16,18-20H2,1-5H3/t22-,24+,25+,26+,27+,28+,29+,30-/m1/s1.